The summed E-state index contributed by atoms with van der Waals surface area (Å²) in [5, 5.41) is 18.3. The fourth-order valence-corrected chi connectivity index (χ4v) is 6.05. The zero-order valence-corrected chi connectivity index (χ0v) is 37.3. The molecule has 0 radical (unpaired) electrons. The van der Waals surface area contributed by atoms with Crippen molar-refractivity contribution in [2.45, 2.75) is 167 Å². The number of ether oxygens (including phenoxy) is 2. The SMILES string of the molecule is CCCCC/C=C\C/C=C\C/C=C\C/C=C\CCCCCC(=O)OC[C@H](COP(=O)(O)OC[C@@H](O)CO)OC(=O)CCC/C=C\C/C=C\C/C=C\C/C=C\CCCCC. The van der Waals surface area contributed by atoms with Crippen molar-refractivity contribution in [3.8, 4) is 0 Å². The zero-order valence-electron chi connectivity index (χ0n) is 36.4. The number of carbonyl (C=O) groups excluding carboxylic acids is 2. The van der Waals surface area contributed by atoms with E-state index in [1.807, 2.05) is 12.2 Å². The minimum absolute atomic E-state index is 0.0951. The van der Waals surface area contributed by atoms with Crippen molar-refractivity contribution < 1.29 is 47.8 Å². The van der Waals surface area contributed by atoms with Gasteiger partial charge in [-0.15, -0.1) is 0 Å². The van der Waals surface area contributed by atoms with Gasteiger partial charge in [-0.05, 0) is 96.3 Å². The summed E-state index contributed by atoms with van der Waals surface area (Å²) >= 11 is 0. The van der Waals surface area contributed by atoms with E-state index in [2.05, 4.69) is 103 Å². The van der Waals surface area contributed by atoms with Crippen LogP contribution >= 0.6 is 7.82 Å². The third kappa shape index (κ3) is 42.8. The molecule has 0 aliphatic rings. The lowest BCUT2D eigenvalue weighted by Gasteiger charge is -2.20. The largest absolute Gasteiger partial charge is 0.472 e. The maximum atomic E-state index is 12.6. The van der Waals surface area contributed by atoms with Crippen LogP contribution in [0.3, 0.4) is 0 Å². The predicted molar refractivity (Wildman–Crippen MR) is 242 cm³/mol. The average molecular weight is 847 g/mol. The highest BCUT2D eigenvalue weighted by Crippen LogP contribution is 2.43. The highest BCUT2D eigenvalue weighted by Gasteiger charge is 2.27. The Morgan fingerprint density at radius 2 is 0.898 bits per heavy atom. The number of carbonyl (C=O) groups is 2. The summed E-state index contributed by atoms with van der Waals surface area (Å²) in [5.74, 6) is -1.04. The third-order valence-electron chi connectivity index (χ3n) is 8.71. The van der Waals surface area contributed by atoms with Gasteiger partial charge in [-0.25, -0.2) is 4.57 Å². The fraction of sp³-hybridized carbons (Fsp3) is 0.625. The lowest BCUT2D eigenvalue weighted by atomic mass is 10.1. The number of hydrogen-bond acceptors (Lipinski definition) is 9. The van der Waals surface area contributed by atoms with Gasteiger partial charge in [0.15, 0.2) is 6.10 Å². The van der Waals surface area contributed by atoms with Gasteiger partial charge in [0.1, 0.15) is 12.7 Å². The van der Waals surface area contributed by atoms with Gasteiger partial charge in [0.2, 0.25) is 0 Å². The average Bonchev–Trinajstić information content (AvgIpc) is 3.22. The fourth-order valence-electron chi connectivity index (χ4n) is 5.26. The summed E-state index contributed by atoms with van der Waals surface area (Å²) < 4.78 is 32.6. The smallest absolute Gasteiger partial charge is 0.462 e. The molecule has 3 N–H and O–H groups in total. The topological polar surface area (TPSA) is 149 Å². The van der Waals surface area contributed by atoms with E-state index in [1.165, 1.54) is 44.9 Å². The maximum Gasteiger partial charge on any atom is 0.472 e. The molecule has 336 valence electrons. The molecule has 11 heteroatoms. The van der Waals surface area contributed by atoms with Crippen LogP contribution in [0.25, 0.3) is 0 Å². The number of rotatable bonds is 40. The number of phosphoric acid groups is 1. The molecule has 0 aliphatic carbocycles. The van der Waals surface area contributed by atoms with Crippen LogP contribution < -0.4 is 0 Å². The Hall–Kier alpha value is -3.11. The van der Waals surface area contributed by atoms with Gasteiger partial charge in [0, 0.05) is 12.8 Å². The molecule has 0 saturated heterocycles. The van der Waals surface area contributed by atoms with E-state index in [9.17, 15) is 24.2 Å². The second-order valence-electron chi connectivity index (χ2n) is 14.4. The summed E-state index contributed by atoms with van der Waals surface area (Å²) in [4.78, 5) is 35.0. The molecule has 3 atom stereocenters. The van der Waals surface area contributed by atoms with Crippen LogP contribution in [-0.2, 0) is 32.7 Å². The Bertz CT molecular complexity index is 1300. The van der Waals surface area contributed by atoms with Crippen LogP contribution in [0, 0.1) is 0 Å². The van der Waals surface area contributed by atoms with E-state index >= 15 is 0 Å². The minimum Gasteiger partial charge on any atom is -0.462 e. The van der Waals surface area contributed by atoms with Crippen molar-refractivity contribution in [1.82, 2.24) is 0 Å². The van der Waals surface area contributed by atoms with Crippen LogP contribution in [0.2, 0.25) is 0 Å². The van der Waals surface area contributed by atoms with Gasteiger partial charge in [-0.3, -0.25) is 18.6 Å². The first kappa shape index (κ1) is 55.9. The Balaban J connectivity index is 4.46. The molecular formula is C48H79O10P. The molecule has 59 heavy (non-hydrogen) atoms. The van der Waals surface area contributed by atoms with E-state index < -0.39 is 51.8 Å². The summed E-state index contributed by atoms with van der Waals surface area (Å²) in [5.41, 5.74) is 0. The van der Waals surface area contributed by atoms with E-state index in [1.54, 1.807) is 0 Å². The minimum atomic E-state index is -4.65. The first-order chi connectivity index (χ1) is 28.7. The Labute approximate surface area is 357 Å². The highest BCUT2D eigenvalue weighted by molar-refractivity contribution is 7.47. The van der Waals surface area contributed by atoms with Gasteiger partial charge >= 0.3 is 19.8 Å². The molecular weight excluding hydrogens is 767 g/mol. The molecule has 10 nitrogen and oxygen atoms in total. The number of phosphoric ester groups is 1. The van der Waals surface area contributed by atoms with E-state index in [0.717, 1.165) is 64.2 Å². The molecule has 0 saturated carbocycles. The van der Waals surface area contributed by atoms with Crippen molar-refractivity contribution >= 4 is 19.8 Å². The van der Waals surface area contributed by atoms with E-state index in [0.29, 0.717) is 19.3 Å². The first-order valence-electron chi connectivity index (χ1n) is 22.2. The molecule has 0 aliphatic heterocycles. The molecule has 0 fully saturated rings. The monoisotopic (exact) mass is 847 g/mol. The van der Waals surface area contributed by atoms with Crippen molar-refractivity contribution in [3.63, 3.8) is 0 Å². The van der Waals surface area contributed by atoms with Crippen LogP contribution in [0.15, 0.2) is 97.2 Å². The molecule has 0 spiro atoms. The summed E-state index contributed by atoms with van der Waals surface area (Å²) in [6.45, 7) is 2.20. The second kappa shape index (κ2) is 43.0. The number of hydrogen-bond donors (Lipinski definition) is 3. The first-order valence-corrected chi connectivity index (χ1v) is 23.7. The van der Waals surface area contributed by atoms with Gasteiger partial charge in [0.05, 0.1) is 19.8 Å². The van der Waals surface area contributed by atoms with Gasteiger partial charge in [-0.2, -0.15) is 0 Å². The lowest BCUT2D eigenvalue weighted by molar-refractivity contribution is -0.161. The highest BCUT2D eigenvalue weighted by atomic mass is 31.2. The molecule has 0 rings (SSSR count). The molecule has 0 aromatic heterocycles. The second-order valence-corrected chi connectivity index (χ2v) is 15.8. The van der Waals surface area contributed by atoms with Crippen molar-refractivity contribution in [1.29, 1.82) is 0 Å². The lowest BCUT2D eigenvalue weighted by Crippen LogP contribution is -2.29. The van der Waals surface area contributed by atoms with Crippen LogP contribution in [-0.4, -0.2) is 65.7 Å². The molecule has 0 aromatic carbocycles. The zero-order chi connectivity index (χ0) is 43.3. The van der Waals surface area contributed by atoms with Crippen LogP contribution in [0.4, 0.5) is 0 Å². The Morgan fingerprint density at radius 3 is 1.34 bits per heavy atom. The quantitative estimate of drug-likeness (QED) is 0.0235. The molecule has 0 heterocycles. The number of unbranched alkanes of at least 4 members (excludes halogenated alkanes) is 10. The van der Waals surface area contributed by atoms with Crippen molar-refractivity contribution in [2.24, 2.45) is 0 Å². The summed E-state index contributed by atoms with van der Waals surface area (Å²) in [7, 11) is -4.65. The van der Waals surface area contributed by atoms with Gasteiger partial charge in [-0.1, -0.05) is 143 Å². The number of allylic oxidation sites excluding steroid dienone is 16. The normalized spacial score (nSPS) is 14.7. The third-order valence-corrected chi connectivity index (χ3v) is 9.66. The Morgan fingerprint density at radius 1 is 0.508 bits per heavy atom. The van der Waals surface area contributed by atoms with Crippen molar-refractivity contribution in [2.75, 3.05) is 26.4 Å². The number of aliphatic hydroxyl groups excluding tert-OH is 2. The van der Waals surface area contributed by atoms with E-state index in [4.69, 9.17) is 19.1 Å². The molecule has 0 aromatic rings. The number of aliphatic hydroxyl groups is 2. The van der Waals surface area contributed by atoms with Gasteiger partial charge in [0.25, 0.3) is 0 Å². The van der Waals surface area contributed by atoms with Crippen LogP contribution in [0.5, 0.6) is 0 Å². The summed E-state index contributed by atoms with van der Waals surface area (Å²) in [6, 6.07) is 0. The molecule has 0 amide bonds. The van der Waals surface area contributed by atoms with Crippen LogP contribution in [0.1, 0.15) is 155 Å². The maximum absolute atomic E-state index is 12.6. The summed E-state index contributed by atoms with van der Waals surface area (Å²) in [6.07, 6.45) is 52.3. The molecule has 1 unspecified atom stereocenters. The Kier molecular flexibility index (Phi) is 40.7. The number of esters is 2. The standard InChI is InChI=1S/C48H79O10P/c1-3-5-7-9-11-13-15-17-19-21-22-24-25-27-29-31-33-35-37-39-47(51)55-43-46(44-57-59(53,54)56-42-45(50)41-49)58-48(52)40-38-36-34-32-30-28-26-23-20-18-16-14-12-10-8-6-4-2/h11-14,17-20,22,24,26-29,32,34,45-46,49-50H,3-10,15-16,21,23,25,30-31,33,35-44H2,1-2H3,(H,53,54)/b13-11-,14-12-,19-17-,20-18-,24-22-,28-26-,29-27-,34-32-/t45-,46+/m0/s1. The predicted octanol–water partition coefficient (Wildman–Crippen LogP) is 12.0. The van der Waals surface area contributed by atoms with E-state index in [-0.39, 0.29) is 19.4 Å². The van der Waals surface area contributed by atoms with Crippen molar-refractivity contribution in [3.05, 3.63) is 97.2 Å². The molecule has 0 bridgehead atoms. The van der Waals surface area contributed by atoms with Gasteiger partial charge < -0.3 is 24.6 Å².